The summed E-state index contributed by atoms with van der Waals surface area (Å²) in [6.45, 7) is 3.71. The topological polar surface area (TPSA) is 90.5 Å². The van der Waals surface area contributed by atoms with E-state index in [1.165, 1.54) is 0 Å². The minimum absolute atomic E-state index is 0.432. The first-order valence-electron chi connectivity index (χ1n) is 5.88. The van der Waals surface area contributed by atoms with Crippen molar-refractivity contribution in [2.75, 3.05) is 11.5 Å². The molecule has 0 aliphatic rings. The SMILES string of the molecule is Cc1ccc(N)cc1N=[N+]([O-])c1cc(N)ccc1C. The largest absolute Gasteiger partial charge is 0.594 e. The highest BCUT2D eigenvalue weighted by Gasteiger charge is 2.10. The van der Waals surface area contributed by atoms with Gasteiger partial charge >= 0.3 is 0 Å². The van der Waals surface area contributed by atoms with E-state index in [0.29, 0.717) is 27.6 Å². The van der Waals surface area contributed by atoms with Crippen molar-refractivity contribution in [1.29, 1.82) is 0 Å². The van der Waals surface area contributed by atoms with E-state index >= 15 is 0 Å². The van der Waals surface area contributed by atoms with E-state index in [0.717, 1.165) is 11.1 Å². The van der Waals surface area contributed by atoms with Gasteiger partial charge in [0.25, 0.3) is 0 Å². The lowest BCUT2D eigenvalue weighted by molar-refractivity contribution is -0.435. The van der Waals surface area contributed by atoms with E-state index in [2.05, 4.69) is 5.11 Å². The average molecular weight is 256 g/mol. The van der Waals surface area contributed by atoms with Gasteiger partial charge in [0.2, 0.25) is 5.69 Å². The Kier molecular flexibility index (Phi) is 3.37. The number of hydrogen-bond acceptors (Lipinski definition) is 4. The number of rotatable bonds is 2. The van der Waals surface area contributed by atoms with E-state index in [1.54, 1.807) is 30.3 Å². The van der Waals surface area contributed by atoms with Crippen LogP contribution in [0.1, 0.15) is 11.1 Å². The zero-order chi connectivity index (χ0) is 14.0. The van der Waals surface area contributed by atoms with Crippen molar-refractivity contribution in [1.82, 2.24) is 0 Å². The van der Waals surface area contributed by atoms with Crippen LogP contribution >= 0.6 is 0 Å². The van der Waals surface area contributed by atoms with Crippen LogP contribution in [0.3, 0.4) is 0 Å². The number of nitrogens with zero attached hydrogens (tertiary/aromatic N) is 2. The Bertz CT molecular complexity index is 650. The number of hydrogen-bond donors (Lipinski definition) is 2. The monoisotopic (exact) mass is 256 g/mol. The molecule has 0 amide bonds. The van der Waals surface area contributed by atoms with Crippen molar-refractivity contribution in [3.05, 3.63) is 52.7 Å². The van der Waals surface area contributed by atoms with Gasteiger partial charge in [-0.05, 0) is 42.5 Å². The third-order valence-corrected chi connectivity index (χ3v) is 2.87. The zero-order valence-corrected chi connectivity index (χ0v) is 10.9. The number of azo groups is 1. The molecule has 0 aromatic heterocycles. The van der Waals surface area contributed by atoms with E-state index in [1.807, 2.05) is 19.9 Å². The fourth-order valence-electron chi connectivity index (χ4n) is 1.72. The molecule has 0 fully saturated rings. The predicted octanol–water partition coefficient (Wildman–Crippen LogP) is 3.39. The summed E-state index contributed by atoms with van der Waals surface area (Å²) in [6.07, 6.45) is 0. The lowest BCUT2D eigenvalue weighted by Crippen LogP contribution is -1.96. The summed E-state index contributed by atoms with van der Waals surface area (Å²) in [6, 6.07) is 10.4. The molecule has 0 bridgehead atoms. The Morgan fingerprint density at radius 1 is 0.947 bits per heavy atom. The van der Waals surface area contributed by atoms with Gasteiger partial charge in [0, 0.05) is 28.1 Å². The van der Waals surface area contributed by atoms with Crippen molar-refractivity contribution < 1.29 is 4.86 Å². The van der Waals surface area contributed by atoms with Gasteiger partial charge in [-0.2, -0.15) is 0 Å². The van der Waals surface area contributed by atoms with Crippen LogP contribution in [-0.2, 0) is 0 Å². The molecule has 2 rings (SSSR count). The quantitative estimate of drug-likeness (QED) is 0.373. The maximum atomic E-state index is 12.1. The van der Waals surface area contributed by atoms with E-state index < -0.39 is 0 Å². The molecule has 4 N–H and O–H groups in total. The van der Waals surface area contributed by atoms with Gasteiger partial charge in [0.05, 0.1) is 0 Å². The minimum atomic E-state index is 0.432. The molecular weight excluding hydrogens is 240 g/mol. The highest BCUT2D eigenvalue weighted by molar-refractivity contribution is 5.55. The Labute approximate surface area is 111 Å². The van der Waals surface area contributed by atoms with Crippen LogP contribution in [0, 0.1) is 19.1 Å². The van der Waals surface area contributed by atoms with Gasteiger partial charge < -0.3 is 16.7 Å². The van der Waals surface area contributed by atoms with Crippen LogP contribution in [0.5, 0.6) is 0 Å². The first-order chi connectivity index (χ1) is 8.97. The standard InChI is InChI=1S/C14H16N4O/c1-9-3-5-11(15)7-13(9)17-18(19)14-8-12(16)6-4-10(14)2/h3-8H,15-16H2,1-2H3. The number of anilines is 2. The van der Waals surface area contributed by atoms with Crippen molar-refractivity contribution in [3.63, 3.8) is 0 Å². The zero-order valence-electron chi connectivity index (χ0n) is 10.9. The fraction of sp³-hybridized carbons (Fsp3) is 0.143. The molecule has 0 heterocycles. The first-order valence-corrected chi connectivity index (χ1v) is 5.88. The Morgan fingerprint density at radius 3 is 2.21 bits per heavy atom. The van der Waals surface area contributed by atoms with E-state index in [-0.39, 0.29) is 0 Å². The third kappa shape index (κ3) is 2.82. The molecule has 98 valence electrons. The van der Waals surface area contributed by atoms with Gasteiger partial charge in [-0.3, -0.25) is 0 Å². The van der Waals surface area contributed by atoms with Gasteiger partial charge in [-0.15, -0.1) is 0 Å². The molecule has 0 saturated heterocycles. The average Bonchev–Trinajstić information content (AvgIpc) is 2.36. The highest BCUT2D eigenvalue weighted by Crippen LogP contribution is 2.26. The smallest absolute Gasteiger partial charge is 0.249 e. The van der Waals surface area contributed by atoms with Gasteiger partial charge in [-0.1, -0.05) is 12.1 Å². The van der Waals surface area contributed by atoms with Crippen LogP contribution in [0.4, 0.5) is 22.7 Å². The maximum absolute atomic E-state index is 12.1. The molecule has 0 atom stereocenters. The summed E-state index contributed by atoms with van der Waals surface area (Å²) >= 11 is 0. The van der Waals surface area contributed by atoms with Crippen LogP contribution in [0.2, 0.25) is 0 Å². The molecule has 0 aliphatic carbocycles. The molecule has 5 heteroatoms. The van der Waals surface area contributed by atoms with E-state index in [9.17, 15) is 5.21 Å². The molecule has 0 aliphatic heterocycles. The minimum Gasteiger partial charge on any atom is -0.594 e. The van der Waals surface area contributed by atoms with Gasteiger partial charge in [-0.25, -0.2) is 0 Å². The molecular formula is C14H16N4O. The lowest BCUT2D eigenvalue weighted by Gasteiger charge is -2.05. The Balaban J connectivity index is 2.48. The highest BCUT2D eigenvalue weighted by atomic mass is 16.5. The van der Waals surface area contributed by atoms with Gasteiger partial charge in [0.1, 0.15) is 5.69 Å². The maximum Gasteiger partial charge on any atom is 0.249 e. The summed E-state index contributed by atoms with van der Waals surface area (Å²) in [4.78, 5) is 0.577. The van der Waals surface area contributed by atoms with Crippen LogP contribution in [-0.4, -0.2) is 4.86 Å². The van der Waals surface area contributed by atoms with Crippen molar-refractivity contribution >= 4 is 22.7 Å². The fourth-order valence-corrected chi connectivity index (χ4v) is 1.72. The normalized spacial score (nSPS) is 11.6. The number of nitrogen functional groups attached to an aromatic ring is 2. The molecule has 19 heavy (non-hydrogen) atoms. The Morgan fingerprint density at radius 2 is 1.53 bits per heavy atom. The summed E-state index contributed by atoms with van der Waals surface area (Å²) < 4.78 is 0. The summed E-state index contributed by atoms with van der Waals surface area (Å²) in [5.74, 6) is 0. The van der Waals surface area contributed by atoms with Crippen LogP contribution < -0.4 is 11.5 Å². The summed E-state index contributed by atoms with van der Waals surface area (Å²) in [5.41, 5.74) is 15.2. The van der Waals surface area contributed by atoms with Crippen molar-refractivity contribution in [2.24, 2.45) is 5.11 Å². The number of nitrogens with two attached hydrogens (primary N) is 2. The van der Waals surface area contributed by atoms with Crippen LogP contribution in [0.25, 0.3) is 0 Å². The van der Waals surface area contributed by atoms with Crippen molar-refractivity contribution in [3.8, 4) is 0 Å². The van der Waals surface area contributed by atoms with E-state index in [4.69, 9.17) is 11.5 Å². The summed E-state index contributed by atoms with van der Waals surface area (Å²) in [5, 5.41) is 16.1. The number of benzene rings is 2. The van der Waals surface area contributed by atoms with Gasteiger partial charge in [0.15, 0.2) is 0 Å². The van der Waals surface area contributed by atoms with Crippen molar-refractivity contribution in [2.45, 2.75) is 13.8 Å². The second-order valence-electron chi connectivity index (χ2n) is 4.46. The molecule has 2 aromatic rings. The molecule has 2 aromatic carbocycles. The first kappa shape index (κ1) is 12.9. The molecule has 0 spiro atoms. The second kappa shape index (κ2) is 4.97. The predicted molar refractivity (Wildman–Crippen MR) is 76.6 cm³/mol. The lowest BCUT2D eigenvalue weighted by atomic mass is 10.2. The molecule has 0 saturated carbocycles. The number of aryl methyl sites for hydroxylation is 2. The molecule has 0 unspecified atom stereocenters. The third-order valence-electron chi connectivity index (χ3n) is 2.87. The second-order valence-corrected chi connectivity index (χ2v) is 4.46. The Hall–Kier alpha value is -2.56. The molecule has 0 radical (unpaired) electrons. The molecule has 5 nitrogen and oxygen atoms in total. The summed E-state index contributed by atoms with van der Waals surface area (Å²) in [7, 11) is 0. The van der Waals surface area contributed by atoms with Crippen LogP contribution in [0.15, 0.2) is 41.5 Å².